The molecule has 2 fully saturated rings. The molecule has 2 aliphatic rings. The zero-order chi connectivity index (χ0) is 15.5. The van der Waals surface area contributed by atoms with Crippen LogP contribution >= 0.6 is 0 Å². The van der Waals surface area contributed by atoms with Crippen LogP contribution in [-0.2, 0) is 4.74 Å². The molecule has 0 heterocycles. The second-order valence-corrected chi connectivity index (χ2v) is 7.27. The molecule has 0 atom stereocenters. The van der Waals surface area contributed by atoms with Gasteiger partial charge in [-0.15, -0.1) is 0 Å². The normalized spacial score (nSPS) is 24.0. The third-order valence-corrected chi connectivity index (χ3v) is 5.25. The minimum absolute atomic E-state index is 0.145. The molecule has 0 saturated heterocycles. The predicted molar refractivity (Wildman–Crippen MR) is 91.1 cm³/mol. The van der Waals surface area contributed by atoms with Crippen molar-refractivity contribution in [1.29, 1.82) is 0 Å². The van der Waals surface area contributed by atoms with Crippen molar-refractivity contribution in [2.24, 2.45) is 0 Å². The highest BCUT2D eigenvalue weighted by Crippen LogP contribution is 2.20. The summed E-state index contributed by atoms with van der Waals surface area (Å²) in [5.74, 6) is 0. The van der Waals surface area contributed by atoms with Crippen LogP contribution in [0, 0.1) is 0 Å². The number of carbonyl (C=O) groups excluding carboxylic acids is 1. The second-order valence-electron chi connectivity index (χ2n) is 7.27. The van der Waals surface area contributed by atoms with Crippen molar-refractivity contribution in [3.05, 3.63) is 0 Å². The third-order valence-electron chi connectivity index (χ3n) is 5.25. The second kappa shape index (κ2) is 10.9. The quantitative estimate of drug-likeness (QED) is 0.708. The Morgan fingerprint density at radius 3 is 1.55 bits per heavy atom. The fraction of sp³-hybridized carbons (Fsp3) is 0.947. The zero-order valence-electron chi connectivity index (χ0n) is 14.3. The molecule has 0 spiro atoms. The van der Waals surface area contributed by atoms with Crippen LogP contribution in [0.3, 0.4) is 0 Å². The van der Waals surface area contributed by atoms with E-state index in [4.69, 9.17) is 4.74 Å². The minimum Gasteiger partial charge on any atom is -0.446 e. The summed E-state index contributed by atoms with van der Waals surface area (Å²) in [5.41, 5.74) is 0. The summed E-state index contributed by atoms with van der Waals surface area (Å²) in [7, 11) is 0. The van der Waals surface area contributed by atoms with E-state index in [2.05, 4.69) is 5.32 Å². The minimum atomic E-state index is -0.160. The average Bonchev–Trinajstić information content (AvgIpc) is 2.48. The lowest BCUT2D eigenvalue weighted by Gasteiger charge is -2.24. The fourth-order valence-corrected chi connectivity index (χ4v) is 3.84. The first kappa shape index (κ1) is 17.6. The lowest BCUT2D eigenvalue weighted by Crippen LogP contribution is -2.37. The van der Waals surface area contributed by atoms with Crippen LogP contribution in [0.25, 0.3) is 0 Å². The van der Waals surface area contributed by atoms with Crippen LogP contribution in [0.2, 0.25) is 0 Å². The Morgan fingerprint density at radius 2 is 1.05 bits per heavy atom. The van der Waals surface area contributed by atoms with E-state index in [-0.39, 0.29) is 12.2 Å². The van der Waals surface area contributed by atoms with E-state index in [0.29, 0.717) is 6.04 Å². The van der Waals surface area contributed by atoms with E-state index < -0.39 is 0 Å². The van der Waals surface area contributed by atoms with Crippen LogP contribution in [0.4, 0.5) is 4.79 Å². The van der Waals surface area contributed by atoms with Gasteiger partial charge in [0.1, 0.15) is 6.10 Å². The highest BCUT2D eigenvalue weighted by Gasteiger charge is 2.18. The van der Waals surface area contributed by atoms with Crippen LogP contribution in [-0.4, -0.2) is 18.2 Å². The number of amides is 1. The van der Waals surface area contributed by atoms with Crippen LogP contribution < -0.4 is 5.32 Å². The fourth-order valence-electron chi connectivity index (χ4n) is 3.84. The van der Waals surface area contributed by atoms with E-state index >= 15 is 0 Å². The molecule has 1 N–H and O–H groups in total. The number of carbonyl (C=O) groups is 1. The van der Waals surface area contributed by atoms with E-state index in [1.165, 1.54) is 77.0 Å². The van der Waals surface area contributed by atoms with Crippen LogP contribution in [0.1, 0.15) is 103 Å². The molecule has 0 aromatic rings. The van der Waals surface area contributed by atoms with Gasteiger partial charge in [-0.1, -0.05) is 64.2 Å². The Bertz CT molecular complexity index is 288. The predicted octanol–water partition coefficient (Wildman–Crippen LogP) is 5.72. The molecule has 2 rings (SSSR count). The van der Waals surface area contributed by atoms with Crippen LogP contribution in [0.15, 0.2) is 0 Å². The monoisotopic (exact) mass is 309 g/mol. The smallest absolute Gasteiger partial charge is 0.407 e. The molecule has 0 aromatic heterocycles. The highest BCUT2D eigenvalue weighted by molar-refractivity contribution is 5.67. The molecule has 0 unspecified atom stereocenters. The summed E-state index contributed by atoms with van der Waals surface area (Å²) in [6.07, 6.45) is 19.9. The average molecular weight is 309 g/mol. The summed E-state index contributed by atoms with van der Waals surface area (Å²) >= 11 is 0. The van der Waals surface area contributed by atoms with Gasteiger partial charge in [0.05, 0.1) is 0 Å². The molecule has 22 heavy (non-hydrogen) atoms. The molecule has 1 amide bonds. The molecular formula is C19H35NO2. The number of rotatable bonds is 2. The van der Waals surface area contributed by atoms with E-state index in [9.17, 15) is 4.79 Å². The Balaban J connectivity index is 1.70. The highest BCUT2D eigenvalue weighted by atomic mass is 16.6. The topological polar surface area (TPSA) is 38.3 Å². The Kier molecular flexibility index (Phi) is 8.74. The van der Waals surface area contributed by atoms with Gasteiger partial charge in [-0.25, -0.2) is 4.79 Å². The van der Waals surface area contributed by atoms with Crippen molar-refractivity contribution in [2.45, 2.75) is 115 Å². The maximum Gasteiger partial charge on any atom is 0.407 e. The molecule has 0 aromatic carbocycles. The van der Waals surface area contributed by atoms with Crippen molar-refractivity contribution in [3.8, 4) is 0 Å². The van der Waals surface area contributed by atoms with Crippen molar-refractivity contribution < 1.29 is 9.53 Å². The number of nitrogens with one attached hydrogen (secondary N) is 1. The van der Waals surface area contributed by atoms with Crippen molar-refractivity contribution >= 4 is 6.09 Å². The van der Waals surface area contributed by atoms with Gasteiger partial charge >= 0.3 is 6.09 Å². The number of hydrogen-bond acceptors (Lipinski definition) is 2. The van der Waals surface area contributed by atoms with Crippen LogP contribution in [0.5, 0.6) is 0 Å². The summed E-state index contributed by atoms with van der Waals surface area (Å²) in [6, 6.07) is 0.340. The molecule has 2 aliphatic carbocycles. The summed E-state index contributed by atoms with van der Waals surface area (Å²) in [5, 5.41) is 3.14. The summed E-state index contributed by atoms with van der Waals surface area (Å²) in [6.45, 7) is 0. The molecule has 3 heteroatoms. The van der Waals surface area contributed by atoms with Gasteiger partial charge < -0.3 is 10.1 Å². The van der Waals surface area contributed by atoms with Gasteiger partial charge in [-0.2, -0.15) is 0 Å². The van der Waals surface area contributed by atoms with Gasteiger partial charge in [0.15, 0.2) is 0 Å². The number of alkyl carbamates (subject to hydrolysis) is 1. The molecule has 0 bridgehead atoms. The van der Waals surface area contributed by atoms with E-state index in [0.717, 1.165) is 25.7 Å². The molecular weight excluding hydrogens is 274 g/mol. The first-order valence-electron chi connectivity index (χ1n) is 9.82. The Morgan fingerprint density at radius 1 is 0.636 bits per heavy atom. The number of hydrogen-bond donors (Lipinski definition) is 1. The van der Waals surface area contributed by atoms with Crippen molar-refractivity contribution in [2.75, 3.05) is 0 Å². The Hall–Kier alpha value is -0.730. The lowest BCUT2D eigenvalue weighted by molar-refractivity contribution is 0.0797. The molecule has 2 saturated carbocycles. The molecule has 0 aliphatic heterocycles. The number of ether oxygens (including phenoxy) is 1. The SMILES string of the molecule is O=C(NC1CCCCCCC1)OC1CCCCCCCCC1. The van der Waals surface area contributed by atoms with Gasteiger partial charge in [0, 0.05) is 6.04 Å². The molecule has 128 valence electrons. The van der Waals surface area contributed by atoms with E-state index in [1.54, 1.807) is 0 Å². The third kappa shape index (κ3) is 7.51. The van der Waals surface area contributed by atoms with Crippen molar-refractivity contribution in [3.63, 3.8) is 0 Å². The zero-order valence-corrected chi connectivity index (χ0v) is 14.3. The van der Waals surface area contributed by atoms with E-state index in [1.807, 2.05) is 0 Å². The maximum atomic E-state index is 12.2. The van der Waals surface area contributed by atoms with Gasteiger partial charge in [0.25, 0.3) is 0 Å². The Labute approximate surface area is 136 Å². The largest absolute Gasteiger partial charge is 0.446 e. The van der Waals surface area contributed by atoms with Gasteiger partial charge in [-0.05, 0) is 38.5 Å². The molecule has 0 radical (unpaired) electrons. The maximum absolute atomic E-state index is 12.2. The van der Waals surface area contributed by atoms with Crippen molar-refractivity contribution in [1.82, 2.24) is 5.32 Å². The van der Waals surface area contributed by atoms with Gasteiger partial charge in [-0.3, -0.25) is 0 Å². The summed E-state index contributed by atoms with van der Waals surface area (Å²) in [4.78, 5) is 12.2. The standard InChI is InChI=1S/C19H35NO2/c21-19(20-17-13-9-5-4-6-10-14-17)22-18-15-11-7-2-1-3-8-12-16-18/h17-18H,1-16H2,(H,20,21). The first-order chi connectivity index (χ1) is 10.8. The van der Waals surface area contributed by atoms with Gasteiger partial charge in [0.2, 0.25) is 0 Å². The summed E-state index contributed by atoms with van der Waals surface area (Å²) < 4.78 is 5.75. The first-order valence-corrected chi connectivity index (χ1v) is 9.82. The lowest BCUT2D eigenvalue weighted by atomic mass is 9.97. The molecule has 3 nitrogen and oxygen atoms in total.